The molecule has 0 saturated carbocycles. The molecule has 2 aliphatic rings. The minimum atomic E-state index is -0.284. The number of anilines is 6. The van der Waals surface area contributed by atoms with E-state index < -0.39 is 0 Å². The van der Waals surface area contributed by atoms with Crippen molar-refractivity contribution in [2.45, 2.75) is 26.2 Å². The Bertz CT molecular complexity index is 5730. The summed E-state index contributed by atoms with van der Waals surface area (Å²) in [6.45, 7) is 6.92. The Morgan fingerprint density at radius 2 is 0.723 bits per heavy atom. The Balaban J connectivity index is 0.988. The van der Waals surface area contributed by atoms with Crippen LogP contribution in [0.4, 0.5) is 34.1 Å². The van der Waals surface area contributed by atoms with Gasteiger partial charge in [-0.1, -0.05) is 300 Å². The van der Waals surface area contributed by atoms with E-state index in [1.807, 2.05) is 0 Å². The van der Waals surface area contributed by atoms with Crippen LogP contribution in [0.1, 0.15) is 26.3 Å². The molecule has 4 heteroatoms. The van der Waals surface area contributed by atoms with Gasteiger partial charge < -0.3 is 14.4 Å². The zero-order valence-electron chi connectivity index (χ0n) is 52.5. The van der Waals surface area contributed by atoms with Crippen LogP contribution in [0.5, 0.6) is 0 Å². The molecule has 1 aromatic heterocycles. The highest BCUT2D eigenvalue weighted by atomic mass is 15.2. The summed E-state index contributed by atoms with van der Waals surface area (Å²) in [7, 11) is 0. The average Bonchev–Trinajstić information content (AvgIpc) is 0.760. The van der Waals surface area contributed by atoms with E-state index in [1.54, 1.807) is 0 Å². The Labute approximate surface area is 547 Å². The zero-order chi connectivity index (χ0) is 62.3. The SMILES string of the molecule is CC(C)(C)c1cc2c3c(c1)N(c1c(-c4ccccc4)cccc1-c1ccccc1)c1cc(-n4c5ccccc5c5ccccc54)ccc1B3c1cc(-c3ccc4cccc5c6cccc7cccc(c3c45)c76)ccc1N2c1c(-c2ccccc2)cccc1-c1ccccc1. The molecule has 94 heavy (non-hydrogen) atoms. The summed E-state index contributed by atoms with van der Waals surface area (Å²) in [5.74, 6) is 0. The molecule has 17 aromatic rings. The lowest BCUT2D eigenvalue weighted by Crippen LogP contribution is -2.61. The molecule has 0 fully saturated rings. The fraction of sp³-hybridized carbons (Fsp3) is 0.0444. The van der Waals surface area contributed by atoms with Gasteiger partial charge in [-0.3, -0.25) is 0 Å². The largest absolute Gasteiger partial charge is 0.310 e. The number of aromatic nitrogens is 1. The monoisotopic (exact) mass is 1200 g/mol. The fourth-order valence-corrected chi connectivity index (χ4v) is 16.3. The molecular formula is C90H62BN3. The highest BCUT2D eigenvalue weighted by Crippen LogP contribution is 2.55. The van der Waals surface area contributed by atoms with E-state index in [-0.39, 0.29) is 12.1 Å². The first kappa shape index (κ1) is 54.1. The van der Waals surface area contributed by atoms with Gasteiger partial charge in [0.05, 0.1) is 22.4 Å². The first-order valence-corrected chi connectivity index (χ1v) is 32.9. The lowest BCUT2D eigenvalue weighted by molar-refractivity contribution is 0.590. The molecule has 0 unspecified atom stereocenters. The van der Waals surface area contributed by atoms with Crippen LogP contribution in [0.2, 0.25) is 0 Å². The Hall–Kier alpha value is -11.7. The van der Waals surface area contributed by atoms with Crippen molar-refractivity contribution in [3.05, 3.63) is 327 Å². The molecule has 3 heterocycles. The van der Waals surface area contributed by atoms with Crippen molar-refractivity contribution in [1.29, 1.82) is 0 Å². The lowest BCUT2D eigenvalue weighted by atomic mass is 9.33. The highest BCUT2D eigenvalue weighted by molar-refractivity contribution is 7.00. The van der Waals surface area contributed by atoms with Gasteiger partial charge in [0, 0.05) is 61.5 Å². The van der Waals surface area contributed by atoms with Crippen LogP contribution in [0.25, 0.3) is 126 Å². The number of benzene rings is 16. The number of hydrogen-bond donors (Lipinski definition) is 0. The Kier molecular flexibility index (Phi) is 12.0. The van der Waals surface area contributed by atoms with Gasteiger partial charge in [0.2, 0.25) is 0 Å². The number of rotatable bonds is 8. The summed E-state index contributed by atoms with van der Waals surface area (Å²) >= 11 is 0. The summed E-state index contributed by atoms with van der Waals surface area (Å²) in [5, 5.41) is 12.7. The van der Waals surface area contributed by atoms with Gasteiger partial charge >= 0.3 is 0 Å². The van der Waals surface area contributed by atoms with Crippen molar-refractivity contribution >= 4 is 122 Å². The summed E-state index contributed by atoms with van der Waals surface area (Å²) in [4.78, 5) is 5.38. The van der Waals surface area contributed by atoms with Crippen LogP contribution in [0.3, 0.4) is 0 Å². The summed E-state index contributed by atoms with van der Waals surface area (Å²) < 4.78 is 2.50. The minimum absolute atomic E-state index is 0.228. The molecule has 2 aliphatic heterocycles. The van der Waals surface area contributed by atoms with Crippen LogP contribution in [-0.2, 0) is 5.41 Å². The number of para-hydroxylation sites is 4. The molecular weight excluding hydrogens is 1130 g/mol. The van der Waals surface area contributed by atoms with Gasteiger partial charge in [0.1, 0.15) is 0 Å². The van der Waals surface area contributed by atoms with Crippen LogP contribution in [-0.4, -0.2) is 11.3 Å². The van der Waals surface area contributed by atoms with E-state index in [4.69, 9.17) is 0 Å². The summed E-state index contributed by atoms with van der Waals surface area (Å²) in [5.41, 5.74) is 26.7. The fourth-order valence-electron chi connectivity index (χ4n) is 16.3. The topological polar surface area (TPSA) is 11.4 Å². The molecule has 3 nitrogen and oxygen atoms in total. The average molecular weight is 1200 g/mol. The van der Waals surface area contributed by atoms with Crippen molar-refractivity contribution in [3.8, 4) is 61.3 Å². The molecule has 0 atom stereocenters. The van der Waals surface area contributed by atoms with Crippen molar-refractivity contribution in [3.63, 3.8) is 0 Å². The second kappa shape index (κ2) is 20.9. The second-order valence-electron chi connectivity index (χ2n) is 26.6. The van der Waals surface area contributed by atoms with E-state index in [2.05, 4.69) is 357 Å². The molecule has 0 amide bonds. The van der Waals surface area contributed by atoms with E-state index >= 15 is 0 Å². The van der Waals surface area contributed by atoms with Crippen LogP contribution in [0, 0.1) is 0 Å². The lowest BCUT2D eigenvalue weighted by Gasteiger charge is -2.46. The van der Waals surface area contributed by atoms with Gasteiger partial charge in [0.25, 0.3) is 6.71 Å². The second-order valence-corrected chi connectivity index (χ2v) is 26.6. The normalized spacial score (nSPS) is 12.8. The molecule has 0 saturated heterocycles. The molecule has 19 rings (SSSR count). The maximum atomic E-state index is 2.70. The van der Waals surface area contributed by atoms with Crippen molar-refractivity contribution in [2.24, 2.45) is 0 Å². The van der Waals surface area contributed by atoms with Crippen LogP contribution >= 0.6 is 0 Å². The predicted octanol–water partition coefficient (Wildman–Crippen LogP) is 22.5. The predicted molar refractivity (Wildman–Crippen MR) is 402 cm³/mol. The Morgan fingerprint density at radius 1 is 0.277 bits per heavy atom. The standard InChI is InChI=1S/C90H62BN3/c1-90(2,3)64-54-82-87-83(55-64)94(89-69(59-29-12-6-13-30-59)40-24-41-70(89)60-31-14-7-15-32-60)81-56-65(92-78-45-18-16-36-71(78)72-37-17-19-46-79(72)92)49-51-76(81)91(87)77-53-63(66-50-47-62-35-21-43-74-73-42-20-33-61-34-22-44-75(84(61)73)86(66)85(62)74)48-52-80(77)93(82)88-67(57-25-8-4-9-26-57)38-23-39-68(88)58-27-10-5-11-28-58/h4-56H,1-3H3. The third-order valence-corrected chi connectivity index (χ3v) is 20.4. The van der Waals surface area contributed by atoms with Crippen molar-refractivity contribution in [2.75, 3.05) is 9.80 Å². The van der Waals surface area contributed by atoms with Gasteiger partial charge in [0.15, 0.2) is 0 Å². The van der Waals surface area contributed by atoms with E-state index in [1.165, 1.54) is 104 Å². The number of hydrogen-bond acceptors (Lipinski definition) is 2. The van der Waals surface area contributed by atoms with Crippen molar-refractivity contribution < 1.29 is 0 Å². The summed E-state index contributed by atoms with van der Waals surface area (Å²) in [6.07, 6.45) is 0. The van der Waals surface area contributed by atoms with Crippen LogP contribution < -0.4 is 26.2 Å². The van der Waals surface area contributed by atoms with Gasteiger partial charge in [-0.15, -0.1) is 0 Å². The number of nitrogens with zero attached hydrogens (tertiary/aromatic N) is 3. The third-order valence-electron chi connectivity index (χ3n) is 20.4. The molecule has 16 aromatic carbocycles. The molecule has 440 valence electrons. The van der Waals surface area contributed by atoms with E-state index in [0.29, 0.717) is 0 Å². The minimum Gasteiger partial charge on any atom is -0.310 e. The first-order valence-electron chi connectivity index (χ1n) is 32.9. The van der Waals surface area contributed by atoms with E-state index in [9.17, 15) is 0 Å². The van der Waals surface area contributed by atoms with E-state index in [0.717, 1.165) is 78.6 Å². The smallest absolute Gasteiger partial charge is 0.252 e. The maximum Gasteiger partial charge on any atom is 0.252 e. The van der Waals surface area contributed by atoms with Gasteiger partial charge in [-0.25, -0.2) is 0 Å². The summed E-state index contributed by atoms with van der Waals surface area (Å²) in [6, 6.07) is 121. The molecule has 0 aliphatic carbocycles. The first-order chi connectivity index (χ1) is 46.3. The van der Waals surface area contributed by atoms with Gasteiger partial charge in [-0.05, 0) is 146 Å². The van der Waals surface area contributed by atoms with Gasteiger partial charge in [-0.2, -0.15) is 0 Å². The van der Waals surface area contributed by atoms with Crippen LogP contribution in [0.15, 0.2) is 322 Å². The molecule has 0 N–H and O–H groups in total. The highest BCUT2D eigenvalue weighted by Gasteiger charge is 2.46. The van der Waals surface area contributed by atoms with Crippen molar-refractivity contribution in [1.82, 2.24) is 4.57 Å². The zero-order valence-corrected chi connectivity index (χ0v) is 52.5. The molecule has 0 bridgehead atoms. The third kappa shape index (κ3) is 8.12. The Morgan fingerprint density at radius 3 is 1.24 bits per heavy atom. The number of fused-ring (bicyclic) bond motifs is 9. The maximum absolute atomic E-state index is 2.70. The molecule has 0 radical (unpaired) electrons. The molecule has 0 spiro atoms. The quantitative estimate of drug-likeness (QED) is 0.0853.